The summed E-state index contributed by atoms with van der Waals surface area (Å²) in [4.78, 5) is 23.1. The average molecular weight is 287 g/mol. The van der Waals surface area contributed by atoms with E-state index in [0.29, 0.717) is 17.0 Å². The van der Waals surface area contributed by atoms with Crippen molar-refractivity contribution in [2.45, 2.75) is 20.8 Å². The molecule has 0 fully saturated rings. The molecule has 6 heteroatoms. The Bertz CT molecular complexity index is 657. The van der Waals surface area contributed by atoms with Gasteiger partial charge in [0.1, 0.15) is 5.75 Å². The molecular formula is C15H17N3O3. The fourth-order valence-electron chi connectivity index (χ4n) is 1.86. The third-order valence-electron chi connectivity index (χ3n) is 3.00. The third kappa shape index (κ3) is 3.68. The summed E-state index contributed by atoms with van der Waals surface area (Å²) in [5.74, 6) is 0.156. The summed E-state index contributed by atoms with van der Waals surface area (Å²) in [7, 11) is 0. The van der Waals surface area contributed by atoms with Crippen LogP contribution in [-0.2, 0) is 4.79 Å². The molecule has 0 aliphatic carbocycles. The lowest BCUT2D eigenvalue weighted by Crippen LogP contribution is -2.20. The zero-order chi connectivity index (χ0) is 15.4. The van der Waals surface area contributed by atoms with Crippen molar-refractivity contribution in [1.29, 1.82) is 0 Å². The number of hydrogen-bond donors (Lipinski definition) is 2. The van der Waals surface area contributed by atoms with E-state index in [1.165, 1.54) is 6.92 Å². The Morgan fingerprint density at radius 1 is 1.33 bits per heavy atom. The van der Waals surface area contributed by atoms with Crippen molar-refractivity contribution in [3.8, 4) is 5.75 Å². The normalized spacial score (nSPS) is 10.2. The molecule has 0 saturated carbocycles. The Kier molecular flexibility index (Phi) is 4.37. The molecule has 2 rings (SSSR count). The second-order valence-corrected chi connectivity index (χ2v) is 4.73. The van der Waals surface area contributed by atoms with E-state index in [4.69, 9.17) is 4.74 Å². The number of H-pyrrole nitrogens is 1. The largest absolute Gasteiger partial charge is 0.484 e. The Hall–Kier alpha value is -2.63. The van der Waals surface area contributed by atoms with Gasteiger partial charge in [-0.3, -0.25) is 14.7 Å². The van der Waals surface area contributed by atoms with Gasteiger partial charge in [0, 0.05) is 5.56 Å². The van der Waals surface area contributed by atoms with E-state index in [1.807, 2.05) is 6.92 Å². The lowest BCUT2D eigenvalue weighted by atomic mass is 10.1. The van der Waals surface area contributed by atoms with Crippen molar-refractivity contribution in [1.82, 2.24) is 10.2 Å². The van der Waals surface area contributed by atoms with Crippen LogP contribution in [0.2, 0.25) is 0 Å². The van der Waals surface area contributed by atoms with Crippen LogP contribution in [0.5, 0.6) is 5.75 Å². The first kappa shape index (κ1) is 14.8. The van der Waals surface area contributed by atoms with Crippen molar-refractivity contribution in [2.24, 2.45) is 0 Å². The molecule has 2 N–H and O–H groups in total. The molecule has 0 aliphatic rings. The summed E-state index contributed by atoms with van der Waals surface area (Å²) in [6, 6.07) is 6.74. The van der Waals surface area contributed by atoms with Gasteiger partial charge in [-0.2, -0.15) is 5.10 Å². The molecule has 1 aromatic heterocycles. The monoisotopic (exact) mass is 287 g/mol. The number of ether oxygens (including phenoxy) is 1. The summed E-state index contributed by atoms with van der Waals surface area (Å²) < 4.78 is 5.39. The highest BCUT2D eigenvalue weighted by Gasteiger charge is 2.11. The Balaban J connectivity index is 1.95. The molecule has 0 spiro atoms. The standard InChI is InChI=1S/C15H17N3O3/c1-9-15(10(2)18-17-9)16-14(20)8-21-13-6-4-5-12(7-13)11(3)19/h4-7H,8H2,1-3H3,(H,16,20)(H,17,18). The smallest absolute Gasteiger partial charge is 0.262 e. The molecule has 0 radical (unpaired) electrons. The van der Waals surface area contributed by atoms with Gasteiger partial charge in [-0.25, -0.2) is 0 Å². The number of rotatable bonds is 5. The molecule has 110 valence electrons. The van der Waals surface area contributed by atoms with Crippen LogP contribution in [0.3, 0.4) is 0 Å². The Morgan fingerprint density at radius 2 is 2.10 bits per heavy atom. The fourth-order valence-corrected chi connectivity index (χ4v) is 1.86. The molecule has 0 atom stereocenters. The van der Waals surface area contributed by atoms with Crippen molar-refractivity contribution in [2.75, 3.05) is 11.9 Å². The molecule has 1 amide bonds. The minimum absolute atomic E-state index is 0.0467. The highest BCUT2D eigenvalue weighted by molar-refractivity contribution is 5.94. The first-order valence-electron chi connectivity index (χ1n) is 6.52. The minimum atomic E-state index is -0.282. The second-order valence-electron chi connectivity index (χ2n) is 4.73. The first-order valence-corrected chi connectivity index (χ1v) is 6.52. The van der Waals surface area contributed by atoms with E-state index in [1.54, 1.807) is 31.2 Å². The zero-order valence-corrected chi connectivity index (χ0v) is 12.2. The van der Waals surface area contributed by atoms with Crippen molar-refractivity contribution >= 4 is 17.4 Å². The molecular weight excluding hydrogens is 270 g/mol. The van der Waals surface area contributed by atoms with Crippen LogP contribution in [0.1, 0.15) is 28.7 Å². The number of hydrogen-bond acceptors (Lipinski definition) is 4. The lowest BCUT2D eigenvalue weighted by molar-refractivity contribution is -0.118. The van der Waals surface area contributed by atoms with Crippen LogP contribution < -0.4 is 10.1 Å². The number of carbonyl (C=O) groups excluding carboxylic acids is 2. The van der Waals surface area contributed by atoms with E-state index in [9.17, 15) is 9.59 Å². The third-order valence-corrected chi connectivity index (χ3v) is 3.00. The average Bonchev–Trinajstić information content (AvgIpc) is 2.77. The summed E-state index contributed by atoms with van der Waals surface area (Å²) in [6.45, 7) is 4.98. The number of amides is 1. The number of aromatic nitrogens is 2. The SMILES string of the molecule is CC(=O)c1cccc(OCC(=O)Nc2c(C)n[nH]c2C)c1. The van der Waals surface area contributed by atoms with Gasteiger partial charge in [-0.1, -0.05) is 12.1 Å². The molecule has 21 heavy (non-hydrogen) atoms. The van der Waals surface area contributed by atoms with E-state index < -0.39 is 0 Å². The predicted molar refractivity (Wildman–Crippen MR) is 78.6 cm³/mol. The molecule has 0 aliphatic heterocycles. The van der Waals surface area contributed by atoms with Crippen LogP contribution >= 0.6 is 0 Å². The number of nitrogens with zero attached hydrogens (tertiary/aromatic N) is 1. The molecule has 0 bridgehead atoms. The summed E-state index contributed by atoms with van der Waals surface area (Å²) >= 11 is 0. The van der Waals surface area contributed by atoms with Gasteiger partial charge in [-0.15, -0.1) is 0 Å². The number of aromatic amines is 1. The van der Waals surface area contributed by atoms with Crippen LogP contribution in [0.15, 0.2) is 24.3 Å². The molecule has 0 unspecified atom stereocenters. The van der Waals surface area contributed by atoms with Gasteiger partial charge in [0.25, 0.3) is 5.91 Å². The number of benzene rings is 1. The maximum Gasteiger partial charge on any atom is 0.262 e. The van der Waals surface area contributed by atoms with Gasteiger partial charge in [0.15, 0.2) is 12.4 Å². The maximum atomic E-state index is 11.9. The summed E-state index contributed by atoms with van der Waals surface area (Å²) in [6.07, 6.45) is 0. The lowest BCUT2D eigenvalue weighted by Gasteiger charge is -2.08. The number of ketones is 1. The molecule has 6 nitrogen and oxygen atoms in total. The van der Waals surface area contributed by atoms with E-state index in [-0.39, 0.29) is 18.3 Å². The van der Waals surface area contributed by atoms with E-state index in [2.05, 4.69) is 15.5 Å². The second kappa shape index (κ2) is 6.21. The predicted octanol–water partition coefficient (Wildman–Crippen LogP) is 2.25. The van der Waals surface area contributed by atoms with Gasteiger partial charge in [0.05, 0.1) is 17.1 Å². The highest BCUT2D eigenvalue weighted by atomic mass is 16.5. The number of Topliss-reactive ketones (excluding diaryl/α,β-unsaturated/α-hetero) is 1. The number of aryl methyl sites for hydroxylation is 2. The summed E-state index contributed by atoms with van der Waals surface area (Å²) in [5.41, 5.74) is 2.73. The Labute approximate surface area is 122 Å². The Morgan fingerprint density at radius 3 is 2.71 bits per heavy atom. The first-order chi connectivity index (χ1) is 9.97. The van der Waals surface area contributed by atoms with Crippen molar-refractivity contribution in [3.63, 3.8) is 0 Å². The van der Waals surface area contributed by atoms with Crippen LogP contribution in [0, 0.1) is 13.8 Å². The maximum absolute atomic E-state index is 11.9. The van der Waals surface area contributed by atoms with Gasteiger partial charge in [0.2, 0.25) is 0 Å². The minimum Gasteiger partial charge on any atom is -0.484 e. The summed E-state index contributed by atoms with van der Waals surface area (Å²) in [5, 5.41) is 9.53. The quantitative estimate of drug-likeness (QED) is 0.826. The topological polar surface area (TPSA) is 84.1 Å². The molecule has 1 heterocycles. The number of anilines is 1. The van der Waals surface area contributed by atoms with Crippen molar-refractivity contribution in [3.05, 3.63) is 41.2 Å². The molecule has 1 aromatic carbocycles. The highest BCUT2D eigenvalue weighted by Crippen LogP contribution is 2.17. The van der Waals surface area contributed by atoms with Crippen LogP contribution in [0.4, 0.5) is 5.69 Å². The van der Waals surface area contributed by atoms with E-state index >= 15 is 0 Å². The zero-order valence-electron chi connectivity index (χ0n) is 12.2. The number of nitrogens with one attached hydrogen (secondary N) is 2. The van der Waals surface area contributed by atoms with Gasteiger partial charge < -0.3 is 10.1 Å². The van der Waals surface area contributed by atoms with Crippen molar-refractivity contribution < 1.29 is 14.3 Å². The van der Waals surface area contributed by atoms with Gasteiger partial charge >= 0.3 is 0 Å². The van der Waals surface area contributed by atoms with Crippen LogP contribution in [-0.4, -0.2) is 28.5 Å². The number of carbonyl (C=O) groups is 2. The van der Waals surface area contributed by atoms with E-state index in [0.717, 1.165) is 11.4 Å². The fraction of sp³-hybridized carbons (Fsp3) is 0.267. The molecule has 2 aromatic rings. The van der Waals surface area contributed by atoms with Crippen LogP contribution in [0.25, 0.3) is 0 Å². The molecule has 0 saturated heterocycles. The van der Waals surface area contributed by atoms with Gasteiger partial charge in [-0.05, 0) is 32.9 Å².